The fourth-order valence-electron chi connectivity index (χ4n) is 11.8. The van der Waals surface area contributed by atoms with Crippen molar-refractivity contribution < 1.29 is 62.2 Å². The molecule has 1 aromatic carbocycles. The molecule has 2 saturated carbocycles. The Hall–Kier alpha value is -1.91. The number of ether oxygens (including phenoxy) is 8. The van der Waals surface area contributed by atoms with Crippen molar-refractivity contribution in [3.8, 4) is 5.75 Å². The minimum atomic E-state index is -0.828. The van der Waals surface area contributed by atoms with Crippen LogP contribution in [0.15, 0.2) is 24.3 Å². The molecule has 8 heterocycles. The summed E-state index contributed by atoms with van der Waals surface area (Å²) in [6, 6.07) is 7.17. The fraction of sp³-hybridized carbons (Fsp3) is 0.837. The van der Waals surface area contributed by atoms with Crippen LogP contribution in [0.25, 0.3) is 0 Å². The number of benzene rings is 1. The van der Waals surface area contributed by atoms with Crippen LogP contribution in [0.4, 0.5) is 0 Å². The monoisotopic (exact) mass is 786 g/mol. The first kappa shape index (κ1) is 39.5. The Morgan fingerprint density at radius 1 is 0.643 bits per heavy atom. The number of fused-ring (bicyclic) bond motifs is 4. The molecule has 2 spiro atoms. The molecule has 56 heavy (non-hydrogen) atoms. The summed E-state index contributed by atoms with van der Waals surface area (Å²) in [6.07, 6.45) is 6.97. The van der Waals surface area contributed by atoms with E-state index in [-0.39, 0.29) is 30.3 Å². The Morgan fingerprint density at radius 3 is 1.71 bits per heavy atom. The molecule has 312 valence electrons. The number of carbonyl (C=O) groups excluding carboxylic acids is 1. The molecule has 8 saturated heterocycles. The van der Waals surface area contributed by atoms with Crippen LogP contribution < -0.4 is 4.74 Å². The average molecular weight is 787 g/mol. The molecule has 4 bridgehead atoms. The summed E-state index contributed by atoms with van der Waals surface area (Å²) < 4.78 is 50.4. The van der Waals surface area contributed by atoms with E-state index in [0.29, 0.717) is 67.6 Å². The summed E-state index contributed by atoms with van der Waals surface area (Å²) in [5.41, 5.74) is -0.850. The van der Waals surface area contributed by atoms with Crippen LogP contribution in [0.3, 0.4) is 0 Å². The summed E-state index contributed by atoms with van der Waals surface area (Å²) in [7, 11) is 0. The summed E-state index contributed by atoms with van der Waals surface area (Å²) >= 11 is 0. The SMILES string of the molecule is C[C@H]1[C@@H](OCCCOC(=O)c2ccccc2OCCCO[C@H]2O[C@@H]3O[C@@]4(C)CCC5[C@H](C)CC[C@@H]([C@H]2C)[C@]53OO4)O[C@@H]2O[C@@]3(C)CCC4[C@H](C)CC[C@@H]1[C@]42OO3. The standard InChI is InChI=1S/C43H62O13/c1-25-13-15-32-27(3)36(49-38-42(32)30(25)17-19-40(5,51-38)53-55-42)47-23-9-21-45-34-12-8-7-11-29(34)35(44)46-22-10-24-48-37-28(4)33-16-14-26(2)31-18-20-41(6)52-39(50-37)43(31,33)56-54-41/h7-8,11-12,25-28,30-33,36-39H,9-10,13-24H2,1-6H3/t25-,26-,27-,28-,30?,31?,32+,33+,36+,37+,38-,39-,40-,41-,42-,43-/m1/s1. The van der Waals surface area contributed by atoms with Gasteiger partial charge < -0.3 is 37.9 Å². The Bertz CT molecular complexity index is 1580. The third-order valence-corrected chi connectivity index (χ3v) is 14.9. The van der Waals surface area contributed by atoms with E-state index in [9.17, 15) is 4.79 Å². The second kappa shape index (κ2) is 15.3. The topological polar surface area (TPSA) is 128 Å². The molecular formula is C43H62O13. The van der Waals surface area contributed by atoms with Crippen molar-refractivity contribution in [2.24, 2.45) is 47.3 Å². The van der Waals surface area contributed by atoms with Gasteiger partial charge in [0.1, 0.15) is 11.3 Å². The third kappa shape index (κ3) is 6.64. The van der Waals surface area contributed by atoms with Crippen molar-refractivity contribution in [1.82, 2.24) is 0 Å². The van der Waals surface area contributed by atoms with Crippen LogP contribution in [0.5, 0.6) is 5.75 Å². The molecule has 13 heteroatoms. The Labute approximate surface area is 330 Å². The quantitative estimate of drug-likeness (QED) is 0.118. The number of para-hydroxylation sites is 1. The van der Waals surface area contributed by atoms with E-state index in [1.807, 2.05) is 19.9 Å². The van der Waals surface area contributed by atoms with Crippen molar-refractivity contribution >= 4 is 5.97 Å². The number of rotatable bonds is 12. The van der Waals surface area contributed by atoms with Gasteiger partial charge in [-0.25, -0.2) is 24.3 Å². The molecule has 1 aromatic rings. The van der Waals surface area contributed by atoms with Crippen LogP contribution >= 0.6 is 0 Å². The number of carbonyl (C=O) groups is 1. The van der Waals surface area contributed by atoms with Gasteiger partial charge in [-0.1, -0.05) is 39.8 Å². The summed E-state index contributed by atoms with van der Waals surface area (Å²) in [4.78, 5) is 37.5. The highest BCUT2D eigenvalue weighted by Crippen LogP contribution is 2.62. The number of esters is 1. The molecule has 8 aliphatic heterocycles. The molecule has 11 rings (SSSR count). The van der Waals surface area contributed by atoms with Gasteiger partial charge >= 0.3 is 5.97 Å². The van der Waals surface area contributed by atoms with E-state index in [1.165, 1.54) is 0 Å². The molecule has 2 aliphatic carbocycles. The second-order valence-electron chi connectivity index (χ2n) is 18.5. The molecule has 0 radical (unpaired) electrons. The largest absolute Gasteiger partial charge is 0.493 e. The van der Waals surface area contributed by atoms with Crippen molar-refractivity contribution in [3.05, 3.63) is 29.8 Å². The van der Waals surface area contributed by atoms with Gasteiger partial charge in [-0.3, -0.25) is 0 Å². The van der Waals surface area contributed by atoms with Crippen molar-refractivity contribution in [2.75, 3.05) is 26.4 Å². The van der Waals surface area contributed by atoms with E-state index in [0.717, 1.165) is 51.4 Å². The smallest absolute Gasteiger partial charge is 0.341 e. The van der Waals surface area contributed by atoms with Crippen LogP contribution in [-0.2, 0) is 52.7 Å². The minimum absolute atomic E-state index is 0.0843. The van der Waals surface area contributed by atoms with Crippen LogP contribution in [-0.4, -0.2) is 80.3 Å². The number of hydrogen-bond donors (Lipinski definition) is 0. The van der Waals surface area contributed by atoms with Crippen LogP contribution in [0.2, 0.25) is 0 Å². The summed E-state index contributed by atoms with van der Waals surface area (Å²) in [6.45, 7) is 14.2. The molecule has 16 atom stereocenters. The van der Waals surface area contributed by atoms with E-state index < -0.39 is 53.9 Å². The summed E-state index contributed by atoms with van der Waals surface area (Å²) in [5, 5.41) is 0. The van der Waals surface area contributed by atoms with Gasteiger partial charge in [0, 0.05) is 49.4 Å². The van der Waals surface area contributed by atoms with Gasteiger partial charge in [0.05, 0.1) is 26.4 Å². The molecule has 0 amide bonds. The average Bonchev–Trinajstić information content (AvgIpc) is 3.56. The zero-order chi connectivity index (χ0) is 38.9. The molecule has 0 aromatic heterocycles. The molecule has 2 unspecified atom stereocenters. The zero-order valence-corrected chi connectivity index (χ0v) is 33.9. The highest BCUT2D eigenvalue weighted by molar-refractivity contribution is 5.92. The maximum Gasteiger partial charge on any atom is 0.341 e. The van der Waals surface area contributed by atoms with Gasteiger partial charge in [-0.15, -0.1) is 0 Å². The normalized spacial score (nSPS) is 47.6. The predicted octanol–water partition coefficient (Wildman–Crippen LogP) is 7.45. The maximum absolute atomic E-state index is 13.2. The lowest BCUT2D eigenvalue weighted by molar-refractivity contribution is -0.577. The van der Waals surface area contributed by atoms with Crippen molar-refractivity contribution in [2.45, 2.75) is 154 Å². The van der Waals surface area contributed by atoms with Gasteiger partial charge in [-0.05, 0) is 88.2 Å². The fourth-order valence-corrected chi connectivity index (χ4v) is 11.8. The van der Waals surface area contributed by atoms with Gasteiger partial charge in [0.2, 0.25) is 11.6 Å². The first-order valence-electron chi connectivity index (χ1n) is 21.5. The lowest BCUT2D eigenvalue weighted by atomic mass is 9.58. The van der Waals surface area contributed by atoms with E-state index in [1.54, 1.807) is 18.2 Å². The third-order valence-electron chi connectivity index (χ3n) is 14.9. The van der Waals surface area contributed by atoms with E-state index in [4.69, 9.17) is 57.4 Å². The molecule has 10 aliphatic rings. The number of hydrogen-bond acceptors (Lipinski definition) is 13. The van der Waals surface area contributed by atoms with Crippen LogP contribution in [0.1, 0.15) is 116 Å². The lowest BCUT2D eigenvalue weighted by Crippen LogP contribution is -2.70. The van der Waals surface area contributed by atoms with Crippen LogP contribution in [0, 0.1) is 47.3 Å². The van der Waals surface area contributed by atoms with Crippen molar-refractivity contribution in [3.63, 3.8) is 0 Å². The Morgan fingerprint density at radius 2 is 1.16 bits per heavy atom. The first-order valence-corrected chi connectivity index (χ1v) is 21.5. The lowest BCUT2D eigenvalue weighted by Gasteiger charge is -2.60. The highest BCUT2D eigenvalue weighted by atomic mass is 17.3. The predicted molar refractivity (Wildman–Crippen MR) is 197 cm³/mol. The first-order chi connectivity index (χ1) is 27.0. The van der Waals surface area contributed by atoms with Gasteiger partial charge in [0.25, 0.3) is 0 Å². The van der Waals surface area contributed by atoms with E-state index in [2.05, 4.69) is 27.7 Å². The molecule has 13 nitrogen and oxygen atoms in total. The van der Waals surface area contributed by atoms with E-state index >= 15 is 0 Å². The summed E-state index contributed by atoms with van der Waals surface area (Å²) in [5.74, 6) is 0.596. The Balaban J connectivity index is 0.728. The second-order valence-corrected chi connectivity index (χ2v) is 18.5. The minimum Gasteiger partial charge on any atom is -0.493 e. The van der Waals surface area contributed by atoms with Crippen molar-refractivity contribution in [1.29, 1.82) is 0 Å². The molecule has 10 fully saturated rings. The molecule has 0 N–H and O–H groups in total. The molecular weight excluding hydrogens is 724 g/mol. The zero-order valence-electron chi connectivity index (χ0n) is 33.9. The highest BCUT2D eigenvalue weighted by Gasteiger charge is 2.71. The van der Waals surface area contributed by atoms with Gasteiger partial charge in [0.15, 0.2) is 36.4 Å². The van der Waals surface area contributed by atoms with Gasteiger partial charge in [-0.2, -0.15) is 0 Å². The maximum atomic E-state index is 13.2. The Kier molecular flexibility index (Phi) is 10.8.